The highest BCUT2D eigenvalue weighted by atomic mass is 79.9. The van der Waals surface area contributed by atoms with Gasteiger partial charge in [-0.1, -0.05) is 39.1 Å². The minimum absolute atomic E-state index is 0.364. The fourth-order valence-corrected chi connectivity index (χ4v) is 2.81. The Balaban J connectivity index is 2.08. The minimum Gasteiger partial charge on any atom is -0.387 e. The number of hydrogen-bond acceptors (Lipinski definition) is 2. The summed E-state index contributed by atoms with van der Waals surface area (Å²) in [4.78, 5) is 0. The van der Waals surface area contributed by atoms with Crippen LogP contribution in [0.3, 0.4) is 0 Å². The maximum absolute atomic E-state index is 10.2. The van der Waals surface area contributed by atoms with Gasteiger partial charge >= 0.3 is 0 Å². The number of aliphatic hydroxyl groups excluding tert-OH is 1. The predicted octanol–water partition coefficient (Wildman–Crippen LogP) is 5.21. The molecule has 2 rings (SSSR count). The van der Waals surface area contributed by atoms with Gasteiger partial charge in [0.05, 0.1) is 6.10 Å². The lowest BCUT2D eigenvalue weighted by molar-refractivity contribution is 0.191. The molecule has 2 nitrogen and oxygen atoms in total. The summed E-state index contributed by atoms with van der Waals surface area (Å²) in [6, 6.07) is 11.0. The van der Waals surface area contributed by atoms with Crippen molar-refractivity contribution in [2.75, 3.05) is 11.9 Å². The average molecular weight is 375 g/mol. The maximum atomic E-state index is 10.2. The molecule has 2 aromatic carbocycles. The van der Waals surface area contributed by atoms with E-state index in [1.165, 1.54) is 0 Å². The van der Waals surface area contributed by atoms with Gasteiger partial charge in [0.25, 0.3) is 0 Å². The molecule has 1 unspecified atom stereocenters. The highest BCUT2D eigenvalue weighted by Crippen LogP contribution is 2.27. The van der Waals surface area contributed by atoms with Gasteiger partial charge < -0.3 is 10.4 Å². The first-order valence-corrected chi connectivity index (χ1v) is 7.65. The van der Waals surface area contributed by atoms with Crippen LogP contribution in [0.2, 0.25) is 10.0 Å². The summed E-state index contributed by atoms with van der Waals surface area (Å²) in [6.07, 6.45) is -0.718. The Morgan fingerprint density at radius 2 is 1.95 bits per heavy atom. The van der Waals surface area contributed by atoms with E-state index in [4.69, 9.17) is 23.2 Å². The van der Waals surface area contributed by atoms with E-state index >= 15 is 0 Å². The number of aliphatic hydroxyl groups is 1. The normalized spacial score (nSPS) is 12.2. The van der Waals surface area contributed by atoms with E-state index in [-0.39, 0.29) is 0 Å². The Labute approximate surface area is 136 Å². The molecule has 5 heteroatoms. The Kier molecular flexibility index (Phi) is 5.33. The van der Waals surface area contributed by atoms with Crippen LogP contribution in [0.15, 0.2) is 40.9 Å². The fraction of sp³-hybridized carbons (Fsp3) is 0.200. The molecular weight excluding hydrogens is 361 g/mol. The number of anilines is 1. The molecule has 0 saturated carbocycles. The molecule has 1 atom stereocenters. The lowest BCUT2D eigenvalue weighted by atomic mass is 10.1. The van der Waals surface area contributed by atoms with Crippen LogP contribution in [0.25, 0.3) is 0 Å². The van der Waals surface area contributed by atoms with Gasteiger partial charge in [-0.15, -0.1) is 0 Å². The standard InChI is InChI=1S/C15H14BrCl2NO/c1-9-6-10(16)2-5-14(9)19-8-15(20)12-7-11(17)3-4-13(12)18/h2-7,15,19-20H,8H2,1H3. The van der Waals surface area contributed by atoms with Crippen LogP contribution in [-0.2, 0) is 0 Å². The second kappa shape index (κ2) is 6.81. The van der Waals surface area contributed by atoms with Crippen molar-refractivity contribution in [2.24, 2.45) is 0 Å². The molecule has 0 spiro atoms. The quantitative estimate of drug-likeness (QED) is 0.769. The summed E-state index contributed by atoms with van der Waals surface area (Å²) in [6.45, 7) is 2.37. The number of aryl methyl sites for hydroxylation is 1. The molecule has 2 N–H and O–H groups in total. The van der Waals surface area contributed by atoms with Crippen molar-refractivity contribution in [3.8, 4) is 0 Å². The summed E-state index contributed by atoms with van der Waals surface area (Å²) >= 11 is 15.4. The highest BCUT2D eigenvalue weighted by molar-refractivity contribution is 9.10. The summed E-state index contributed by atoms with van der Waals surface area (Å²) in [5.41, 5.74) is 2.70. The van der Waals surface area contributed by atoms with E-state index < -0.39 is 6.10 Å². The van der Waals surface area contributed by atoms with Gasteiger partial charge in [-0.05, 0) is 48.9 Å². The summed E-state index contributed by atoms with van der Waals surface area (Å²) in [5, 5.41) is 14.5. The molecule has 0 aliphatic carbocycles. The molecule has 2 aromatic rings. The third kappa shape index (κ3) is 3.89. The largest absolute Gasteiger partial charge is 0.387 e. The van der Waals surface area contributed by atoms with E-state index in [2.05, 4.69) is 21.2 Å². The van der Waals surface area contributed by atoms with E-state index in [1.54, 1.807) is 18.2 Å². The monoisotopic (exact) mass is 373 g/mol. The Morgan fingerprint density at radius 3 is 2.65 bits per heavy atom. The Hall–Kier alpha value is -0.740. The van der Waals surface area contributed by atoms with E-state index in [1.807, 2.05) is 25.1 Å². The molecule has 0 bridgehead atoms. The first-order chi connectivity index (χ1) is 9.47. The summed E-state index contributed by atoms with van der Waals surface area (Å²) < 4.78 is 1.03. The van der Waals surface area contributed by atoms with Crippen LogP contribution in [0.4, 0.5) is 5.69 Å². The highest BCUT2D eigenvalue weighted by Gasteiger charge is 2.12. The van der Waals surface area contributed by atoms with Gasteiger partial charge in [0.15, 0.2) is 0 Å². The molecule has 0 aromatic heterocycles. The fourth-order valence-electron chi connectivity index (χ4n) is 1.91. The summed E-state index contributed by atoms with van der Waals surface area (Å²) in [7, 11) is 0. The Morgan fingerprint density at radius 1 is 1.20 bits per heavy atom. The molecular formula is C15H14BrCl2NO. The molecule has 0 fully saturated rings. The zero-order valence-corrected chi connectivity index (χ0v) is 13.9. The lowest BCUT2D eigenvalue weighted by Crippen LogP contribution is -2.13. The first kappa shape index (κ1) is 15.6. The number of halogens is 3. The van der Waals surface area contributed by atoms with Gasteiger partial charge in [0.1, 0.15) is 0 Å². The van der Waals surface area contributed by atoms with E-state index in [0.717, 1.165) is 15.7 Å². The molecule has 0 radical (unpaired) electrons. The average Bonchev–Trinajstić information content (AvgIpc) is 2.40. The molecule has 0 saturated heterocycles. The first-order valence-electron chi connectivity index (χ1n) is 6.10. The molecule has 0 aliphatic heterocycles. The zero-order valence-electron chi connectivity index (χ0n) is 10.8. The number of benzene rings is 2. The van der Waals surface area contributed by atoms with Gasteiger partial charge in [-0.3, -0.25) is 0 Å². The number of rotatable bonds is 4. The van der Waals surface area contributed by atoms with Crippen LogP contribution in [0, 0.1) is 6.92 Å². The summed E-state index contributed by atoms with van der Waals surface area (Å²) in [5.74, 6) is 0. The van der Waals surface area contributed by atoms with Crippen molar-refractivity contribution in [2.45, 2.75) is 13.0 Å². The van der Waals surface area contributed by atoms with E-state index in [9.17, 15) is 5.11 Å². The molecule has 0 heterocycles. The molecule has 0 aliphatic rings. The van der Waals surface area contributed by atoms with Gasteiger partial charge in [0.2, 0.25) is 0 Å². The van der Waals surface area contributed by atoms with Crippen molar-refractivity contribution in [1.82, 2.24) is 0 Å². The SMILES string of the molecule is Cc1cc(Br)ccc1NCC(O)c1cc(Cl)ccc1Cl. The smallest absolute Gasteiger partial charge is 0.0977 e. The van der Waals surface area contributed by atoms with Crippen LogP contribution in [0.1, 0.15) is 17.2 Å². The second-order valence-electron chi connectivity index (χ2n) is 4.52. The van der Waals surface area contributed by atoms with Crippen LogP contribution >= 0.6 is 39.1 Å². The topological polar surface area (TPSA) is 32.3 Å². The third-order valence-electron chi connectivity index (χ3n) is 2.99. The van der Waals surface area contributed by atoms with Crippen molar-refractivity contribution in [3.63, 3.8) is 0 Å². The van der Waals surface area contributed by atoms with Crippen molar-refractivity contribution in [1.29, 1.82) is 0 Å². The van der Waals surface area contributed by atoms with Crippen molar-refractivity contribution in [3.05, 3.63) is 62.0 Å². The van der Waals surface area contributed by atoms with Gasteiger partial charge in [-0.2, -0.15) is 0 Å². The van der Waals surface area contributed by atoms with E-state index in [0.29, 0.717) is 22.2 Å². The number of nitrogens with one attached hydrogen (secondary N) is 1. The van der Waals surface area contributed by atoms with Crippen molar-refractivity contribution < 1.29 is 5.11 Å². The zero-order chi connectivity index (χ0) is 14.7. The minimum atomic E-state index is -0.718. The van der Waals surface area contributed by atoms with Gasteiger partial charge in [0, 0.05) is 32.3 Å². The molecule has 106 valence electrons. The van der Waals surface area contributed by atoms with Gasteiger partial charge in [-0.25, -0.2) is 0 Å². The third-order valence-corrected chi connectivity index (χ3v) is 4.06. The van der Waals surface area contributed by atoms with Crippen LogP contribution < -0.4 is 5.32 Å². The van der Waals surface area contributed by atoms with Crippen LogP contribution in [-0.4, -0.2) is 11.7 Å². The second-order valence-corrected chi connectivity index (χ2v) is 6.28. The predicted molar refractivity (Wildman–Crippen MR) is 88.8 cm³/mol. The lowest BCUT2D eigenvalue weighted by Gasteiger charge is -2.16. The number of hydrogen-bond donors (Lipinski definition) is 2. The maximum Gasteiger partial charge on any atom is 0.0977 e. The Bertz CT molecular complexity index is 619. The van der Waals surface area contributed by atoms with Crippen molar-refractivity contribution >= 4 is 44.8 Å². The molecule has 0 amide bonds. The van der Waals surface area contributed by atoms with Crippen LogP contribution in [0.5, 0.6) is 0 Å². The molecule has 20 heavy (non-hydrogen) atoms.